The number of pyridine rings is 1. The van der Waals surface area contributed by atoms with E-state index in [0.717, 1.165) is 22.6 Å². The maximum absolute atomic E-state index is 11.4. The van der Waals surface area contributed by atoms with E-state index in [4.69, 9.17) is 16.3 Å². The van der Waals surface area contributed by atoms with Crippen LogP contribution < -0.4 is 4.74 Å². The molecule has 5 heteroatoms. The average Bonchev–Trinajstić information content (AvgIpc) is 2.72. The Morgan fingerprint density at radius 3 is 2.67 bits per heavy atom. The second kappa shape index (κ2) is 9.01. The zero-order valence-electron chi connectivity index (χ0n) is 14.8. The number of ether oxygens (including phenoxy) is 2. The number of carbonyl (C=O) groups is 1. The van der Waals surface area contributed by atoms with Gasteiger partial charge in [-0.05, 0) is 42.0 Å². The van der Waals surface area contributed by atoms with Crippen molar-refractivity contribution in [2.75, 3.05) is 7.11 Å². The molecule has 136 valence electrons. The summed E-state index contributed by atoms with van der Waals surface area (Å²) >= 11 is 6.15. The highest BCUT2D eigenvalue weighted by molar-refractivity contribution is 6.31. The van der Waals surface area contributed by atoms with Crippen molar-refractivity contribution in [3.63, 3.8) is 0 Å². The highest BCUT2D eigenvalue weighted by Gasteiger charge is 2.04. The Kier molecular flexibility index (Phi) is 6.23. The van der Waals surface area contributed by atoms with Crippen molar-refractivity contribution in [3.05, 3.63) is 94.3 Å². The van der Waals surface area contributed by atoms with E-state index in [0.29, 0.717) is 17.2 Å². The standard InChI is InChI=1S/C22H18ClNO3/c1-26-22(25)17-10-12-19(24-14-17)11-9-16-5-4-7-20(13-16)27-15-18-6-2-3-8-21(18)23/h2-14H,15H2,1H3/b11-9+. The molecule has 0 aliphatic rings. The highest BCUT2D eigenvalue weighted by Crippen LogP contribution is 2.20. The summed E-state index contributed by atoms with van der Waals surface area (Å²) in [6.45, 7) is 0.406. The van der Waals surface area contributed by atoms with Crippen LogP contribution in [-0.2, 0) is 11.3 Å². The zero-order valence-corrected chi connectivity index (χ0v) is 15.5. The number of aromatic nitrogens is 1. The highest BCUT2D eigenvalue weighted by atomic mass is 35.5. The van der Waals surface area contributed by atoms with Crippen LogP contribution in [0.2, 0.25) is 5.02 Å². The molecule has 0 radical (unpaired) electrons. The van der Waals surface area contributed by atoms with Crippen LogP contribution in [-0.4, -0.2) is 18.1 Å². The predicted molar refractivity (Wildman–Crippen MR) is 107 cm³/mol. The third-order valence-corrected chi connectivity index (χ3v) is 4.23. The van der Waals surface area contributed by atoms with E-state index in [1.165, 1.54) is 13.3 Å². The van der Waals surface area contributed by atoms with Crippen LogP contribution in [0.3, 0.4) is 0 Å². The van der Waals surface area contributed by atoms with Crippen molar-refractivity contribution < 1.29 is 14.3 Å². The molecule has 0 bridgehead atoms. The molecular formula is C22H18ClNO3. The van der Waals surface area contributed by atoms with E-state index in [-0.39, 0.29) is 0 Å². The molecule has 3 aromatic rings. The molecule has 0 spiro atoms. The van der Waals surface area contributed by atoms with Crippen molar-refractivity contribution in [3.8, 4) is 5.75 Å². The Morgan fingerprint density at radius 2 is 1.93 bits per heavy atom. The van der Waals surface area contributed by atoms with Gasteiger partial charge in [-0.1, -0.05) is 48.0 Å². The predicted octanol–water partition coefficient (Wildman–Crippen LogP) is 5.27. The summed E-state index contributed by atoms with van der Waals surface area (Å²) in [4.78, 5) is 15.7. The topological polar surface area (TPSA) is 48.4 Å². The third-order valence-electron chi connectivity index (χ3n) is 3.86. The number of carbonyl (C=O) groups excluding carboxylic acids is 1. The van der Waals surface area contributed by atoms with Crippen LogP contribution in [0.1, 0.15) is 27.2 Å². The molecular weight excluding hydrogens is 362 g/mol. The van der Waals surface area contributed by atoms with Crippen LogP contribution in [0.15, 0.2) is 66.9 Å². The van der Waals surface area contributed by atoms with Gasteiger partial charge in [0.25, 0.3) is 0 Å². The van der Waals surface area contributed by atoms with Crippen LogP contribution in [0.4, 0.5) is 0 Å². The van der Waals surface area contributed by atoms with Gasteiger partial charge in [-0.2, -0.15) is 0 Å². The van der Waals surface area contributed by atoms with Gasteiger partial charge in [0, 0.05) is 16.8 Å². The van der Waals surface area contributed by atoms with E-state index in [1.54, 1.807) is 12.1 Å². The molecule has 1 heterocycles. The van der Waals surface area contributed by atoms with Gasteiger partial charge in [0.05, 0.1) is 18.4 Å². The van der Waals surface area contributed by atoms with Crippen LogP contribution >= 0.6 is 11.6 Å². The molecule has 0 fully saturated rings. The largest absolute Gasteiger partial charge is 0.489 e. The van der Waals surface area contributed by atoms with Gasteiger partial charge in [0.1, 0.15) is 12.4 Å². The summed E-state index contributed by atoms with van der Waals surface area (Å²) in [6.07, 6.45) is 5.30. The van der Waals surface area contributed by atoms with E-state index < -0.39 is 5.97 Å². The first-order valence-electron chi connectivity index (χ1n) is 8.34. The lowest BCUT2D eigenvalue weighted by molar-refractivity contribution is 0.0600. The summed E-state index contributed by atoms with van der Waals surface area (Å²) in [5.74, 6) is 0.354. The summed E-state index contributed by atoms with van der Waals surface area (Å²) < 4.78 is 10.5. The molecule has 0 saturated heterocycles. The summed E-state index contributed by atoms with van der Waals surface area (Å²) in [7, 11) is 1.34. The second-order valence-electron chi connectivity index (χ2n) is 5.75. The van der Waals surface area contributed by atoms with Crippen molar-refractivity contribution >= 4 is 29.7 Å². The van der Waals surface area contributed by atoms with Gasteiger partial charge in [0.2, 0.25) is 0 Å². The normalized spacial score (nSPS) is 10.7. The van der Waals surface area contributed by atoms with Gasteiger partial charge in [0.15, 0.2) is 0 Å². The number of benzene rings is 2. The average molecular weight is 380 g/mol. The fraction of sp³-hybridized carbons (Fsp3) is 0.0909. The molecule has 0 atom stereocenters. The fourth-order valence-electron chi connectivity index (χ4n) is 2.41. The Morgan fingerprint density at radius 1 is 1.07 bits per heavy atom. The van der Waals surface area contributed by atoms with Crippen molar-refractivity contribution in [2.45, 2.75) is 6.61 Å². The van der Waals surface area contributed by atoms with Crippen LogP contribution in [0, 0.1) is 0 Å². The molecule has 2 aromatic carbocycles. The zero-order chi connectivity index (χ0) is 19.1. The number of hydrogen-bond donors (Lipinski definition) is 0. The van der Waals surface area contributed by atoms with Gasteiger partial charge < -0.3 is 9.47 Å². The molecule has 3 rings (SSSR count). The first-order chi connectivity index (χ1) is 13.2. The van der Waals surface area contributed by atoms with E-state index >= 15 is 0 Å². The fourth-order valence-corrected chi connectivity index (χ4v) is 2.60. The summed E-state index contributed by atoms with van der Waals surface area (Å²) in [6, 6.07) is 18.8. The van der Waals surface area contributed by atoms with Crippen LogP contribution in [0.25, 0.3) is 12.2 Å². The van der Waals surface area contributed by atoms with E-state index in [2.05, 4.69) is 9.72 Å². The number of methoxy groups -OCH3 is 1. The lowest BCUT2D eigenvalue weighted by Crippen LogP contribution is -2.01. The minimum absolute atomic E-state index is 0.401. The van der Waals surface area contributed by atoms with E-state index in [9.17, 15) is 4.79 Å². The molecule has 0 aliphatic heterocycles. The molecule has 0 amide bonds. The summed E-state index contributed by atoms with van der Waals surface area (Å²) in [5.41, 5.74) is 3.08. The second-order valence-corrected chi connectivity index (χ2v) is 6.16. The van der Waals surface area contributed by atoms with Gasteiger partial charge in [-0.15, -0.1) is 0 Å². The lowest BCUT2D eigenvalue weighted by atomic mass is 10.1. The maximum atomic E-state index is 11.4. The Hall–Kier alpha value is -3.11. The quantitative estimate of drug-likeness (QED) is 0.547. The maximum Gasteiger partial charge on any atom is 0.339 e. The number of rotatable bonds is 6. The molecule has 0 aliphatic carbocycles. The SMILES string of the molecule is COC(=O)c1ccc(/C=C/c2cccc(OCc3ccccc3Cl)c2)nc1. The molecule has 1 aromatic heterocycles. The number of nitrogens with zero attached hydrogens (tertiary/aromatic N) is 1. The van der Waals surface area contributed by atoms with Crippen molar-refractivity contribution in [1.29, 1.82) is 0 Å². The monoisotopic (exact) mass is 379 g/mol. The third kappa shape index (κ3) is 5.19. The molecule has 0 N–H and O–H groups in total. The van der Waals surface area contributed by atoms with Gasteiger partial charge >= 0.3 is 5.97 Å². The molecule has 0 unspecified atom stereocenters. The van der Waals surface area contributed by atoms with E-state index in [1.807, 2.05) is 60.7 Å². The first kappa shape index (κ1) is 18.7. The first-order valence-corrected chi connectivity index (χ1v) is 8.72. The number of hydrogen-bond acceptors (Lipinski definition) is 4. The number of halogens is 1. The Labute approximate surface area is 163 Å². The smallest absolute Gasteiger partial charge is 0.339 e. The molecule has 0 saturated carbocycles. The number of esters is 1. The minimum Gasteiger partial charge on any atom is -0.489 e. The van der Waals surface area contributed by atoms with Crippen LogP contribution in [0.5, 0.6) is 5.75 Å². The minimum atomic E-state index is -0.401. The van der Waals surface area contributed by atoms with Gasteiger partial charge in [-0.3, -0.25) is 4.98 Å². The van der Waals surface area contributed by atoms with Crippen molar-refractivity contribution in [2.24, 2.45) is 0 Å². The Bertz CT molecular complexity index is 952. The lowest BCUT2D eigenvalue weighted by Gasteiger charge is -2.08. The molecule has 27 heavy (non-hydrogen) atoms. The summed E-state index contributed by atoms with van der Waals surface area (Å²) in [5, 5.41) is 0.690. The van der Waals surface area contributed by atoms with Crippen molar-refractivity contribution in [1.82, 2.24) is 4.98 Å². The molecule has 4 nitrogen and oxygen atoms in total. The Balaban J connectivity index is 1.65. The van der Waals surface area contributed by atoms with Gasteiger partial charge in [-0.25, -0.2) is 4.79 Å².